The first-order valence-corrected chi connectivity index (χ1v) is 5.55. The molecule has 0 aromatic heterocycles. The molecular weight excluding hydrogens is 256 g/mol. The Balaban J connectivity index is 2.45. The highest BCUT2D eigenvalue weighted by molar-refractivity contribution is 8.00. The van der Waals surface area contributed by atoms with Crippen LogP contribution >= 0.6 is 11.8 Å². The fraction of sp³-hybridized carbons (Fsp3) is 0.300. The number of nitrogens with zero attached hydrogens (tertiary/aromatic N) is 1. The van der Waals surface area contributed by atoms with E-state index in [4.69, 9.17) is 5.26 Å². The van der Waals surface area contributed by atoms with E-state index in [1.165, 1.54) is 12.1 Å². The molecular formula is C10H8F4N2S. The van der Waals surface area contributed by atoms with Crippen molar-refractivity contribution < 1.29 is 17.6 Å². The van der Waals surface area contributed by atoms with Gasteiger partial charge in [0.05, 0.1) is 5.56 Å². The third-order valence-corrected chi connectivity index (χ3v) is 2.52. The van der Waals surface area contributed by atoms with Gasteiger partial charge in [-0.25, -0.2) is 4.39 Å². The molecule has 92 valence electrons. The van der Waals surface area contributed by atoms with Crippen LogP contribution in [0.4, 0.5) is 23.2 Å². The van der Waals surface area contributed by atoms with Crippen molar-refractivity contribution in [2.24, 2.45) is 0 Å². The van der Waals surface area contributed by atoms with Gasteiger partial charge in [-0.1, -0.05) is 0 Å². The van der Waals surface area contributed by atoms with Crippen molar-refractivity contribution in [3.8, 4) is 6.07 Å². The quantitative estimate of drug-likeness (QED) is 0.669. The van der Waals surface area contributed by atoms with Crippen LogP contribution in [-0.4, -0.2) is 17.8 Å². The standard InChI is InChI=1S/C10H8F4N2S/c11-9-2-1-8(5-7(9)6-15)16-3-4-17-10(12,13)14/h1-2,5,16H,3-4H2. The van der Waals surface area contributed by atoms with E-state index in [1.807, 2.05) is 0 Å². The molecule has 17 heavy (non-hydrogen) atoms. The number of nitrogens with one attached hydrogen (secondary N) is 1. The maximum absolute atomic E-state index is 12.9. The van der Waals surface area contributed by atoms with Gasteiger partial charge >= 0.3 is 5.51 Å². The molecule has 0 saturated heterocycles. The fourth-order valence-electron chi connectivity index (χ4n) is 1.08. The lowest BCUT2D eigenvalue weighted by molar-refractivity contribution is -0.0327. The van der Waals surface area contributed by atoms with E-state index in [9.17, 15) is 17.6 Å². The molecule has 0 radical (unpaired) electrons. The number of thioether (sulfide) groups is 1. The van der Waals surface area contributed by atoms with Crippen molar-refractivity contribution in [3.05, 3.63) is 29.6 Å². The third-order valence-electron chi connectivity index (χ3n) is 1.78. The van der Waals surface area contributed by atoms with E-state index in [-0.39, 0.29) is 29.6 Å². The topological polar surface area (TPSA) is 35.8 Å². The maximum atomic E-state index is 12.9. The highest BCUT2D eigenvalue weighted by atomic mass is 32.2. The summed E-state index contributed by atoms with van der Waals surface area (Å²) in [6.07, 6.45) is 0. The lowest BCUT2D eigenvalue weighted by atomic mass is 10.2. The number of rotatable bonds is 4. The highest BCUT2D eigenvalue weighted by Crippen LogP contribution is 2.29. The van der Waals surface area contributed by atoms with Gasteiger partial charge < -0.3 is 5.32 Å². The van der Waals surface area contributed by atoms with Crippen molar-refractivity contribution >= 4 is 17.4 Å². The third kappa shape index (κ3) is 4.95. The second kappa shape index (κ2) is 5.77. The maximum Gasteiger partial charge on any atom is 0.441 e. The SMILES string of the molecule is N#Cc1cc(NCCSC(F)(F)F)ccc1F. The van der Waals surface area contributed by atoms with Gasteiger partial charge in [-0.15, -0.1) is 0 Å². The minimum absolute atomic E-state index is 0.0840. The molecule has 0 heterocycles. The Morgan fingerprint density at radius 3 is 2.65 bits per heavy atom. The van der Waals surface area contributed by atoms with Gasteiger partial charge in [0.1, 0.15) is 11.9 Å². The second-order valence-corrected chi connectivity index (χ2v) is 4.19. The van der Waals surface area contributed by atoms with Crippen LogP contribution in [-0.2, 0) is 0 Å². The summed E-state index contributed by atoms with van der Waals surface area (Å²) in [5.41, 5.74) is -3.97. The summed E-state index contributed by atoms with van der Waals surface area (Å²) >= 11 is -0.136. The summed E-state index contributed by atoms with van der Waals surface area (Å²) in [5.74, 6) is -0.800. The van der Waals surface area contributed by atoms with E-state index < -0.39 is 11.3 Å². The number of alkyl halides is 3. The van der Waals surface area contributed by atoms with Crippen LogP contribution in [0, 0.1) is 17.1 Å². The van der Waals surface area contributed by atoms with Gasteiger partial charge in [-0.2, -0.15) is 18.4 Å². The van der Waals surface area contributed by atoms with Gasteiger partial charge in [0, 0.05) is 18.0 Å². The molecule has 1 aromatic rings. The molecule has 0 amide bonds. The average molecular weight is 264 g/mol. The first-order valence-electron chi connectivity index (χ1n) is 4.56. The zero-order valence-electron chi connectivity index (χ0n) is 8.51. The summed E-state index contributed by atoms with van der Waals surface area (Å²) in [6.45, 7) is 0.0840. The Morgan fingerprint density at radius 2 is 2.06 bits per heavy atom. The van der Waals surface area contributed by atoms with Crippen molar-refractivity contribution in [1.82, 2.24) is 0 Å². The van der Waals surface area contributed by atoms with Crippen LogP contribution in [0.25, 0.3) is 0 Å². The number of hydrogen-bond donors (Lipinski definition) is 1. The van der Waals surface area contributed by atoms with Crippen LogP contribution in [0.1, 0.15) is 5.56 Å². The van der Waals surface area contributed by atoms with Crippen molar-refractivity contribution in [2.45, 2.75) is 5.51 Å². The lowest BCUT2D eigenvalue weighted by Gasteiger charge is -2.08. The number of halogens is 4. The average Bonchev–Trinajstić information content (AvgIpc) is 2.25. The van der Waals surface area contributed by atoms with E-state index >= 15 is 0 Å². The van der Waals surface area contributed by atoms with Crippen LogP contribution in [0.15, 0.2) is 18.2 Å². The Kier molecular flexibility index (Phi) is 4.63. The number of nitriles is 1. The Morgan fingerprint density at radius 1 is 1.35 bits per heavy atom. The summed E-state index contributed by atoms with van der Waals surface area (Å²) in [5, 5.41) is 11.2. The van der Waals surface area contributed by atoms with E-state index in [0.29, 0.717) is 5.69 Å². The molecule has 7 heteroatoms. The van der Waals surface area contributed by atoms with Gasteiger partial charge in [-0.3, -0.25) is 0 Å². The smallest absolute Gasteiger partial charge is 0.384 e. The molecule has 2 nitrogen and oxygen atoms in total. The van der Waals surface area contributed by atoms with Crippen molar-refractivity contribution in [1.29, 1.82) is 5.26 Å². The van der Waals surface area contributed by atoms with E-state index in [1.54, 1.807) is 6.07 Å². The number of benzene rings is 1. The molecule has 1 rings (SSSR count). The van der Waals surface area contributed by atoms with Crippen LogP contribution in [0.2, 0.25) is 0 Å². The van der Waals surface area contributed by atoms with Gasteiger partial charge in [-0.05, 0) is 30.0 Å². The largest absolute Gasteiger partial charge is 0.441 e. The molecule has 0 aliphatic rings. The molecule has 0 atom stereocenters. The predicted octanol–water partition coefficient (Wildman–Crippen LogP) is 3.36. The van der Waals surface area contributed by atoms with Crippen LogP contribution < -0.4 is 5.32 Å². The summed E-state index contributed by atoms with van der Waals surface area (Å²) in [4.78, 5) is 0. The molecule has 1 N–H and O–H groups in total. The lowest BCUT2D eigenvalue weighted by Crippen LogP contribution is -2.09. The van der Waals surface area contributed by atoms with E-state index in [2.05, 4.69) is 5.32 Å². The molecule has 1 aromatic carbocycles. The molecule has 0 spiro atoms. The normalized spacial score (nSPS) is 11.0. The summed E-state index contributed by atoms with van der Waals surface area (Å²) in [7, 11) is 0. The van der Waals surface area contributed by atoms with Crippen LogP contribution in [0.3, 0.4) is 0 Å². The first-order chi connectivity index (χ1) is 7.92. The number of hydrogen-bond acceptors (Lipinski definition) is 3. The predicted molar refractivity (Wildman–Crippen MR) is 58.1 cm³/mol. The minimum Gasteiger partial charge on any atom is -0.384 e. The van der Waals surface area contributed by atoms with Gasteiger partial charge in [0.25, 0.3) is 0 Å². The minimum atomic E-state index is -4.25. The van der Waals surface area contributed by atoms with Gasteiger partial charge in [0.15, 0.2) is 0 Å². The number of anilines is 1. The second-order valence-electron chi connectivity index (χ2n) is 3.03. The molecule has 0 aliphatic heterocycles. The first kappa shape index (κ1) is 13.6. The van der Waals surface area contributed by atoms with Crippen LogP contribution in [0.5, 0.6) is 0 Å². The highest BCUT2D eigenvalue weighted by Gasteiger charge is 2.27. The molecule has 0 unspecified atom stereocenters. The molecule has 0 aliphatic carbocycles. The Hall–Kier alpha value is -1.42. The molecule has 0 bridgehead atoms. The van der Waals surface area contributed by atoms with Crippen molar-refractivity contribution in [3.63, 3.8) is 0 Å². The Bertz CT molecular complexity index is 425. The zero-order chi connectivity index (χ0) is 12.9. The Labute approximate surface area is 99.6 Å². The summed E-state index contributed by atoms with van der Waals surface area (Å²) < 4.78 is 48.3. The summed E-state index contributed by atoms with van der Waals surface area (Å²) in [6, 6.07) is 5.37. The molecule has 0 saturated carbocycles. The van der Waals surface area contributed by atoms with E-state index in [0.717, 1.165) is 6.07 Å². The zero-order valence-corrected chi connectivity index (χ0v) is 9.33. The monoisotopic (exact) mass is 264 g/mol. The molecule has 0 fully saturated rings. The van der Waals surface area contributed by atoms with Gasteiger partial charge in [0.2, 0.25) is 0 Å². The fourth-order valence-corrected chi connectivity index (χ4v) is 1.52. The van der Waals surface area contributed by atoms with Crippen molar-refractivity contribution in [2.75, 3.05) is 17.6 Å².